The van der Waals surface area contributed by atoms with Crippen LogP contribution in [0.15, 0.2) is 0 Å². The van der Waals surface area contributed by atoms with Gasteiger partial charge in [-0.3, -0.25) is 9.59 Å². The van der Waals surface area contributed by atoms with Gasteiger partial charge in [0.15, 0.2) is 0 Å². The lowest BCUT2D eigenvalue weighted by atomic mass is 9.95. The molecule has 0 radical (unpaired) electrons. The normalized spacial score (nSPS) is 14.7. The van der Waals surface area contributed by atoms with E-state index in [-0.39, 0.29) is 17.8 Å². The molecule has 2 unspecified atom stereocenters. The molecule has 0 saturated heterocycles. The third-order valence-corrected chi connectivity index (χ3v) is 1.98. The molecule has 4 heteroatoms. The van der Waals surface area contributed by atoms with Crippen molar-refractivity contribution < 1.29 is 14.3 Å². The van der Waals surface area contributed by atoms with Gasteiger partial charge < -0.3 is 10.1 Å². The van der Waals surface area contributed by atoms with Crippen LogP contribution in [0.2, 0.25) is 0 Å². The highest BCUT2D eigenvalue weighted by atomic mass is 16.5. The molecule has 0 aliphatic rings. The van der Waals surface area contributed by atoms with Crippen LogP contribution in [0.25, 0.3) is 0 Å². The number of rotatable bonds is 3. The minimum absolute atomic E-state index is 0.145. The zero-order valence-electron chi connectivity index (χ0n) is 7.88. The molecular formula is C8H15NO3. The molecule has 12 heavy (non-hydrogen) atoms. The van der Waals surface area contributed by atoms with Gasteiger partial charge in [-0.2, -0.15) is 0 Å². The van der Waals surface area contributed by atoms with E-state index in [1.807, 2.05) is 0 Å². The van der Waals surface area contributed by atoms with Crippen LogP contribution >= 0.6 is 0 Å². The lowest BCUT2D eigenvalue weighted by Gasteiger charge is -2.15. The number of carbonyl (C=O) groups is 2. The summed E-state index contributed by atoms with van der Waals surface area (Å²) in [4.78, 5) is 22.0. The fourth-order valence-corrected chi connectivity index (χ4v) is 0.845. The zero-order valence-corrected chi connectivity index (χ0v) is 7.88. The highest BCUT2D eigenvalue weighted by Crippen LogP contribution is 2.11. The van der Waals surface area contributed by atoms with Gasteiger partial charge in [-0.05, 0) is 0 Å². The van der Waals surface area contributed by atoms with Gasteiger partial charge in [0.05, 0.1) is 13.0 Å². The second-order valence-corrected chi connectivity index (χ2v) is 2.71. The van der Waals surface area contributed by atoms with Crippen molar-refractivity contribution in [3.63, 3.8) is 0 Å². The molecule has 0 aliphatic heterocycles. The number of carbonyl (C=O) groups excluding carboxylic acids is 2. The fourth-order valence-electron chi connectivity index (χ4n) is 0.845. The van der Waals surface area contributed by atoms with E-state index in [1.165, 1.54) is 7.11 Å². The third kappa shape index (κ3) is 2.53. The number of nitrogens with one attached hydrogen (secondary N) is 1. The summed E-state index contributed by atoms with van der Waals surface area (Å²) in [6.07, 6.45) is 0. The Hall–Kier alpha value is -1.06. The molecule has 2 atom stereocenters. The first kappa shape index (κ1) is 10.9. The van der Waals surface area contributed by atoms with Gasteiger partial charge in [0, 0.05) is 13.0 Å². The first-order valence-electron chi connectivity index (χ1n) is 3.84. The van der Waals surface area contributed by atoms with Crippen LogP contribution < -0.4 is 5.32 Å². The van der Waals surface area contributed by atoms with E-state index in [1.54, 1.807) is 20.9 Å². The van der Waals surface area contributed by atoms with Crippen LogP contribution in [0.4, 0.5) is 0 Å². The Morgan fingerprint density at radius 2 is 1.75 bits per heavy atom. The minimum Gasteiger partial charge on any atom is -0.469 e. The molecule has 0 aromatic carbocycles. The molecule has 1 amide bonds. The number of hydrogen-bond acceptors (Lipinski definition) is 3. The predicted octanol–water partition coefficient (Wildman–Crippen LogP) is 0.178. The quantitative estimate of drug-likeness (QED) is 0.619. The maximum atomic E-state index is 11.1. The van der Waals surface area contributed by atoms with Gasteiger partial charge in [-0.15, -0.1) is 0 Å². The molecule has 0 spiro atoms. The van der Waals surface area contributed by atoms with Crippen LogP contribution in [0.5, 0.6) is 0 Å². The van der Waals surface area contributed by atoms with Gasteiger partial charge in [-0.25, -0.2) is 0 Å². The molecule has 0 aliphatic carbocycles. The smallest absolute Gasteiger partial charge is 0.309 e. The number of methoxy groups -OCH3 is 1. The van der Waals surface area contributed by atoms with Gasteiger partial charge in [0.2, 0.25) is 5.91 Å². The molecule has 70 valence electrons. The van der Waals surface area contributed by atoms with E-state index < -0.39 is 5.92 Å². The lowest BCUT2D eigenvalue weighted by Crippen LogP contribution is -2.33. The van der Waals surface area contributed by atoms with Gasteiger partial charge in [0.25, 0.3) is 0 Å². The highest BCUT2D eigenvalue weighted by Gasteiger charge is 2.25. The van der Waals surface area contributed by atoms with Gasteiger partial charge >= 0.3 is 5.97 Å². The number of esters is 1. The molecule has 0 fully saturated rings. The average molecular weight is 173 g/mol. The van der Waals surface area contributed by atoms with Crippen molar-refractivity contribution in [2.24, 2.45) is 11.8 Å². The third-order valence-electron chi connectivity index (χ3n) is 1.98. The van der Waals surface area contributed by atoms with Crippen molar-refractivity contribution in [3.05, 3.63) is 0 Å². The Morgan fingerprint density at radius 3 is 2.08 bits per heavy atom. The van der Waals surface area contributed by atoms with Crippen molar-refractivity contribution in [1.82, 2.24) is 5.32 Å². The number of amides is 1. The van der Waals surface area contributed by atoms with Crippen molar-refractivity contribution in [2.45, 2.75) is 13.8 Å². The van der Waals surface area contributed by atoms with E-state index in [4.69, 9.17) is 0 Å². The maximum Gasteiger partial charge on any atom is 0.309 e. The van der Waals surface area contributed by atoms with Gasteiger partial charge in [-0.1, -0.05) is 13.8 Å². The van der Waals surface area contributed by atoms with Gasteiger partial charge in [0.1, 0.15) is 0 Å². The number of hydrogen-bond donors (Lipinski definition) is 1. The van der Waals surface area contributed by atoms with E-state index in [9.17, 15) is 9.59 Å². The summed E-state index contributed by atoms with van der Waals surface area (Å²) in [7, 11) is 2.86. The standard InChI is InChI=1S/C8H15NO3/c1-5(7(10)9-3)6(2)8(11)12-4/h5-6H,1-4H3,(H,9,10). The van der Waals surface area contributed by atoms with E-state index in [0.29, 0.717) is 0 Å². The molecular weight excluding hydrogens is 158 g/mol. The van der Waals surface area contributed by atoms with Crippen molar-refractivity contribution in [3.8, 4) is 0 Å². The molecule has 0 aromatic heterocycles. The largest absolute Gasteiger partial charge is 0.469 e. The SMILES string of the molecule is CNC(=O)C(C)C(C)C(=O)OC. The monoisotopic (exact) mass is 173 g/mol. The van der Waals surface area contributed by atoms with E-state index in [0.717, 1.165) is 0 Å². The Labute approximate surface area is 72.3 Å². The van der Waals surface area contributed by atoms with Crippen LogP contribution in [0.1, 0.15) is 13.8 Å². The topological polar surface area (TPSA) is 55.4 Å². The lowest BCUT2D eigenvalue weighted by molar-refractivity contribution is -0.149. The van der Waals surface area contributed by atoms with E-state index in [2.05, 4.69) is 10.1 Å². The molecule has 0 heterocycles. The summed E-state index contributed by atoms with van der Waals surface area (Å²) >= 11 is 0. The molecule has 0 rings (SSSR count). The molecule has 0 bridgehead atoms. The second-order valence-electron chi connectivity index (χ2n) is 2.71. The maximum absolute atomic E-state index is 11.1. The van der Waals surface area contributed by atoms with Crippen LogP contribution in [-0.2, 0) is 14.3 Å². The second kappa shape index (κ2) is 4.74. The van der Waals surface area contributed by atoms with Crippen LogP contribution in [0.3, 0.4) is 0 Å². The summed E-state index contributed by atoms with van der Waals surface area (Å²) in [5, 5.41) is 2.48. The fraction of sp³-hybridized carbons (Fsp3) is 0.750. The Bertz CT molecular complexity index is 159. The van der Waals surface area contributed by atoms with E-state index >= 15 is 0 Å². The molecule has 4 nitrogen and oxygen atoms in total. The summed E-state index contributed by atoms with van der Waals surface area (Å²) < 4.78 is 4.51. The van der Waals surface area contributed by atoms with Crippen molar-refractivity contribution in [1.29, 1.82) is 0 Å². The summed E-state index contributed by atoms with van der Waals surface area (Å²) in [5.41, 5.74) is 0. The first-order chi connectivity index (χ1) is 5.54. The van der Waals surface area contributed by atoms with Crippen molar-refractivity contribution >= 4 is 11.9 Å². The van der Waals surface area contributed by atoms with Crippen LogP contribution in [0, 0.1) is 11.8 Å². The highest BCUT2D eigenvalue weighted by molar-refractivity contribution is 5.84. The summed E-state index contributed by atoms with van der Waals surface area (Å²) in [6.45, 7) is 3.37. The summed E-state index contributed by atoms with van der Waals surface area (Å²) in [5.74, 6) is -1.24. The Kier molecular flexibility index (Phi) is 4.33. The summed E-state index contributed by atoms with van der Waals surface area (Å²) in [6, 6.07) is 0. The molecule has 0 aromatic rings. The Balaban J connectivity index is 4.18. The Morgan fingerprint density at radius 1 is 1.25 bits per heavy atom. The van der Waals surface area contributed by atoms with Crippen molar-refractivity contribution in [2.75, 3.05) is 14.2 Å². The predicted molar refractivity (Wildman–Crippen MR) is 44.4 cm³/mol. The molecule has 1 N–H and O–H groups in total. The zero-order chi connectivity index (χ0) is 9.72. The molecule has 0 saturated carbocycles. The first-order valence-corrected chi connectivity index (χ1v) is 3.84. The minimum atomic E-state index is -0.394. The average Bonchev–Trinajstić information content (AvgIpc) is 2.12. The van der Waals surface area contributed by atoms with Crippen LogP contribution in [-0.4, -0.2) is 26.0 Å². The number of ether oxygens (including phenoxy) is 1.